The van der Waals surface area contributed by atoms with E-state index in [1.54, 1.807) is 11.3 Å². The van der Waals surface area contributed by atoms with Crippen LogP contribution in [-0.4, -0.2) is 72.9 Å². The molecular formula is C30H40N8O2SSi. The first-order valence-electron chi connectivity index (χ1n) is 14.9. The third kappa shape index (κ3) is 7.23. The molecule has 222 valence electrons. The van der Waals surface area contributed by atoms with Crippen molar-refractivity contribution in [3.63, 3.8) is 0 Å². The van der Waals surface area contributed by atoms with E-state index in [9.17, 15) is 0 Å². The summed E-state index contributed by atoms with van der Waals surface area (Å²) in [6.45, 7) is 11.4. The van der Waals surface area contributed by atoms with E-state index < -0.39 is 8.07 Å². The lowest BCUT2D eigenvalue weighted by Crippen LogP contribution is -2.36. The topological polar surface area (TPSA) is 110 Å². The van der Waals surface area contributed by atoms with Gasteiger partial charge in [0.25, 0.3) is 0 Å². The average molecular weight is 605 g/mol. The highest BCUT2D eigenvalue weighted by molar-refractivity contribution is 7.14. The fourth-order valence-corrected chi connectivity index (χ4v) is 7.06. The van der Waals surface area contributed by atoms with E-state index in [0.29, 0.717) is 12.6 Å². The molecule has 1 saturated heterocycles. The van der Waals surface area contributed by atoms with E-state index in [0.717, 1.165) is 88.6 Å². The van der Waals surface area contributed by atoms with Crippen LogP contribution in [0.5, 0.6) is 0 Å². The van der Waals surface area contributed by atoms with Crippen molar-refractivity contribution in [1.82, 2.24) is 25.1 Å². The summed E-state index contributed by atoms with van der Waals surface area (Å²) in [5.74, 6) is 2.22. The fourth-order valence-electron chi connectivity index (χ4n) is 5.27. The summed E-state index contributed by atoms with van der Waals surface area (Å²) in [5.41, 5.74) is 4.24. The van der Waals surface area contributed by atoms with Crippen LogP contribution in [0.2, 0.25) is 25.7 Å². The highest BCUT2D eigenvalue weighted by atomic mass is 32.1. The number of ether oxygens (including phenoxy) is 2. The summed E-state index contributed by atoms with van der Waals surface area (Å²) in [6, 6.07) is 9.28. The van der Waals surface area contributed by atoms with Gasteiger partial charge in [-0.05, 0) is 43.2 Å². The fraction of sp³-hybridized carbons (Fsp3) is 0.500. The zero-order valence-electron chi connectivity index (χ0n) is 24.7. The molecule has 0 atom stereocenters. The second-order valence-corrected chi connectivity index (χ2v) is 18.9. The van der Waals surface area contributed by atoms with Crippen LogP contribution in [0, 0.1) is 0 Å². The molecule has 12 heteroatoms. The Morgan fingerprint density at radius 3 is 2.57 bits per heavy atom. The highest BCUT2D eigenvalue weighted by Gasteiger charge is 2.23. The van der Waals surface area contributed by atoms with Crippen LogP contribution in [0.1, 0.15) is 36.6 Å². The molecule has 1 aliphatic heterocycles. The maximum atomic E-state index is 5.96. The summed E-state index contributed by atoms with van der Waals surface area (Å²) in [4.78, 5) is 16.6. The molecule has 0 spiro atoms. The molecule has 0 radical (unpaired) electrons. The molecule has 0 aromatic carbocycles. The number of pyridine rings is 3. The van der Waals surface area contributed by atoms with E-state index in [1.165, 1.54) is 25.7 Å². The quantitative estimate of drug-likeness (QED) is 0.112. The van der Waals surface area contributed by atoms with Crippen LogP contribution in [-0.2, 0) is 9.47 Å². The molecule has 10 nitrogen and oxygen atoms in total. The van der Waals surface area contributed by atoms with Gasteiger partial charge in [0.1, 0.15) is 23.4 Å². The van der Waals surface area contributed by atoms with Crippen LogP contribution in [0.15, 0.2) is 36.7 Å². The molecule has 42 heavy (non-hydrogen) atoms. The van der Waals surface area contributed by atoms with Gasteiger partial charge < -0.3 is 25.0 Å². The largest absolute Gasteiger partial charge is 0.378 e. The molecule has 6 rings (SSSR count). The first kappa shape index (κ1) is 28.9. The molecular weight excluding hydrogens is 565 g/mol. The normalized spacial score (nSPS) is 16.3. The summed E-state index contributed by atoms with van der Waals surface area (Å²) >= 11 is 1.67. The van der Waals surface area contributed by atoms with Crippen molar-refractivity contribution < 1.29 is 9.47 Å². The number of nitrogens with one attached hydrogen (secondary N) is 2. The van der Waals surface area contributed by atoms with Gasteiger partial charge in [-0.1, -0.05) is 43.8 Å². The minimum atomic E-state index is -1.16. The number of hydrogen-bond donors (Lipinski definition) is 2. The van der Waals surface area contributed by atoms with Crippen LogP contribution in [0.25, 0.3) is 21.6 Å². The maximum absolute atomic E-state index is 5.96. The molecule has 0 amide bonds. The van der Waals surface area contributed by atoms with Crippen LogP contribution in [0.3, 0.4) is 0 Å². The number of morpholine rings is 1. The Balaban J connectivity index is 1.22. The predicted octanol–water partition coefficient (Wildman–Crippen LogP) is 6.51. The zero-order valence-corrected chi connectivity index (χ0v) is 26.5. The van der Waals surface area contributed by atoms with Crippen LogP contribution >= 0.6 is 11.3 Å². The summed E-state index contributed by atoms with van der Waals surface area (Å²) in [6.07, 6.45) is 8.63. The Morgan fingerprint density at radius 1 is 1.00 bits per heavy atom. The molecule has 0 unspecified atom stereocenters. The Labute approximate surface area is 252 Å². The predicted molar refractivity (Wildman–Crippen MR) is 173 cm³/mol. The lowest BCUT2D eigenvalue weighted by Gasteiger charge is -2.27. The van der Waals surface area contributed by atoms with Gasteiger partial charge in [-0.25, -0.2) is 9.97 Å². The van der Waals surface area contributed by atoms with Crippen molar-refractivity contribution in [3.05, 3.63) is 41.7 Å². The molecule has 1 aliphatic carbocycles. The van der Waals surface area contributed by atoms with E-state index in [4.69, 9.17) is 19.4 Å². The monoisotopic (exact) mass is 604 g/mol. The molecule has 2 aliphatic rings. The zero-order chi connectivity index (χ0) is 28.9. The van der Waals surface area contributed by atoms with Crippen molar-refractivity contribution in [3.8, 4) is 10.6 Å². The summed E-state index contributed by atoms with van der Waals surface area (Å²) in [7, 11) is -1.16. The van der Waals surface area contributed by atoms with Crippen molar-refractivity contribution in [2.24, 2.45) is 0 Å². The molecule has 1 saturated carbocycles. The molecule has 4 aromatic rings. The van der Waals surface area contributed by atoms with Gasteiger partial charge in [-0.2, -0.15) is 0 Å². The number of nitrogens with zero attached hydrogens (tertiary/aromatic N) is 6. The summed E-state index contributed by atoms with van der Waals surface area (Å²) < 4.78 is 11.4. The Morgan fingerprint density at radius 2 is 1.81 bits per heavy atom. The van der Waals surface area contributed by atoms with Gasteiger partial charge in [-0.15, -0.1) is 10.2 Å². The Bertz CT molecular complexity index is 1480. The number of anilines is 4. The standard InChI is InChI=1S/C30H40N8O2SSi/c1-42(2,3)15-14-40-20-33-28-24(30-37-36-29(41-30)21-6-4-5-7-21)17-25-26(35-28)16-23(19-31-25)34-22-8-9-27(32-18-22)38-10-12-39-13-11-38/h8-9,16-19,21,34H,4-7,10-15,20H2,1-3H3,(H,33,35). The van der Waals surface area contributed by atoms with Crippen molar-refractivity contribution in [1.29, 1.82) is 0 Å². The van der Waals surface area contributed by atoms with Gasteiger partial charge in [0, 0.05) is 33.7 Å². The third-order valence-corrected chi connectivity index (χ3v) is 10.6. The maximum Gasteiger partial charge on any atom is 0.151 e. The van der Waals surface area contributed by atoms with Crippen molar-refractivity contribution in [2.75, 3.05) is 55.2 Å². The minimum absolute atomic E-state index is 0.386. The lowest BCUT2D eigenvalue weighted by atomic mass is 10.1. The second kappa shape index (κ2) is 13.0. The van der Waals surface area contributed by atoms with E-state index in [2.05, 4.69) is 56.4 Å². The molecule has 5 heterocycles. The average Bonchev–Trinajstić information content (AvgIpc) is 3.70. The van der Waals surface area contributed by atoms with E-state index in [-0.39, 0.29) is 0 Å². The first-order chi connectivity index (χ1) is 20.4. The van der Waals surface area contributed by atoms with Gasteiger partial charge >= 0.3 is 0 Å². The van der Waals surface area contributed by atoms with Gasteiger partial charge in [-0.3, -0.25) is 4.98 Å². The number of rotatable bonds is 11. The number of aromatic nitrogens is 5. The highest BCUT2D eigenvalue weighted by Crippen LogP contribution is 2.39. The van der Waals surface area contributed by atoms with Crippen molar-refractivity contribution >= 4 is 53.5 Å². The molecule has 2 fully saturated rings. The smallest absolute Gasteiger partial charge is 0.151 e. The van der Waals surface area contributed by atoms with Crippen molar-refractivity contribution in [2.45, 2.75) is 57.3 Å². The minimum Gasteiger partial charge on any atom is -0.378 e. The SMILES string of the molecule is C[Si](C)(C)CCOCNc1nc2cc(Nc3ccc(N4CCOCC4)nc3)cnc2cc1-c1nnc(C2CCCC2)s1. The van der Waals surface area contributed by atoms with Crippen LogP contribution in [0.4, 0.5) is 23.0 Å². The Hall–Kier alpha value is -3.19. The van der Waals surface area contributed by atoms with E-state index >= 15 is 0 Å². The second-order valence-electron chi connectivity index (χ2n) is 12.2. The first-order valence-corrected chi connectivity index (χ1v) is 19.5. The molecule has 4 aromatic heterocycles. The number of hydrogen-bond acceptors (Lipinski definition) is 11. The van der Waals surface area contributed by atoms with Gasteiger partial charge in [0.15, 0.2) is 5.01 Å². The van der Waals surface area contributed by atoms with Gasteiger partial charge in [0.05, 0.1) is 53.6 Å². The lowest BCUT2D eigenvalue weighted by molar-refractivity contribution is 0.122. The van der Waals surface area contributed by atoms with Gasteiger partial charge in [0.2, 0.25) is 0 Å². The number of fused-ring (bicyclic) bond motifs is 1. The Kier molecular flexibility index (Phi) is 8.94. The molecule has 0 bridgehead atoms. The van der Waals surface area contributed by atoms with Crippen LogP contribution < -0.4 is 15.5 Å². The summed E-state index contributed by atoms with van der Waals surface area (Å²) in [5, 5.41) is 18.0. The molecule has 2 N–H and O–H groups in total. The van der Waals surface area contributed by atoms with E-state index in [1.807, 2.05) is 30.6 Å². The third-order valence-electron chi connectivity index (χ3n) is 7.75.